The monoisotopic (exact) mass is 246 g/mol. The molecule has 2 aromatic rings. The molecule has 0 saturated heterocycles. The number of likely N-dealkylation sites (N-methyl/N-ethyl adjacent to an activating group) is 1. The van der Waals surface area contributed by atoms with Gasteiger partial charge in [0.1, 0.15) is 5.75 Å². The standard InChI is InChI=1S/C15H22N2O/c1-5-16-9-8-12-11(3)17-15-13(18-4)7-6-10(2)14(12)15/h6-7,16-17H,5,8-9H2,1-4H3. The number of rotatable bonds is 5. The zero-order chi connectivity index (χ0) is 13.1. The third-order valence-corrected chi connectivity index (χ3v) is 3.46. The zero-order valence-corrected chi connectivity index (χ0v) is 11.7. The fraction of sp³-hybridized carbons (Fsp3) is 0.467. The van der Waals surface area contributed by atoms with Crippen LogP contribution in [0, 0.1) is 13.8 Å². The average Bonchev–Trinajstić information content (AvgIpc) is 2.68. The van der Waals surface area contributed by atoms with Crippen molar-refractivity contribution in [2.24, 2.45) is 0 Å². The molecule has 18 heavy (non-hydrogen) atoms. The van der Waals surface area contributed by atoms with Crippen LogP contribution in [0.25, 0.3) is 10.9 Å². The summed E-state index contributed by atoms with van der Waals surface area (Å²) in [6, 6.07) is 4.16. The van der Waals surface area contributed by atoms with Crippen molar-refractivity contribution in [3.8, 4) is 5.75 Å². The van der Waals surface area contributed by atoms with Crippen molar-refractivity contribution in [2.45, 2.75) is 27.2 Å². The number of H-pyrrole nitrogens is 1. The molecule has 1 aromatic carbocycles. The molecule has 3 heteroatoms. The van der Waals surface area contributed by atoms with Crippen LogP contribution in [0.1, 0.15) is 23.7 Å². The predicted octanol–water partition coefficient (Wildman–Crippen LogP) is 2.95. The van der Waals surface area contributed by atoms with Gasteiger partial charge in [0.05, 0.1) is 12.6 Å². The van der Waals surface area contributed by atoms with Crippen LogP contribution in [-0.2, 0) is 6.42 Å². The largest absolute Gasteiger partial charge is 0.495 e. The normalized spacial score (nSPS) is 11.1. The molecule has 1 heterocycles. The molecule has 3 nitrogen and oxygen atoms in total. The Hall–Kier alpha value is -1.48. The smallest absolute Gasteiger partial charge is 0.142 e. The average molecular weight is 246 g/mol. The lowest BCUT2D eigenvalue weighted by Crippen LogP contribution is -2.16. The lowest BCUT2D eigenvalue weighted by molar-refractivity contribution is 0.419. The Balaban J connectivity index is 2.48. The van der Waals surface area contributed by atoms with Crippen molar-refractivity contribution in [3.05, 3.63) is 29.0 Å². The molecule has 98 valence electrons. The van der Waals surface area contributed by atoms with Gasteiger partial charge in [-0.05, 0) is 50.6 Å². The highest BCUT2D eigenvalue weighted by atomic mass is 16.5. The van der Waals surface area contributed by atoms with Crippen LogP contribution in [0.4, 0.5) is 0 Å². The highest BCUT2D eigenvalue weighted by Gasteiger charge is 2.13. The Morgan fingerprint density at radius 2 is 2.06 bits per heavy atom. The van der Waals surface area contributed by atoms with E-state index in [0.29, 0.717) is 0 Å². The number of nitrogens with one attached hydrogen (secondary N) is 2. The number of hydrogen-bond acceptors (Lipinski definition) is 2. The van der Waals surface area contributed by atoms with Gasteiger partial charge in [0, 0.05) is 11.1 Å². The van der Waals surface area contributed by atoms with Crippen LogP contribution >= 0.6 is 0 Å². The maximum absolute atomic E-state index is 5.43. The molecule has 0 aliphatic carbocycles. The molecular formula is C15H22N2O. The molecule has 0 spiro atoms. The Bertz CT molecular complexity index is 543. The maximum Gasteiger partial charge on any atom is 0.142 e. The van der Waals surface area contributed by atoms with Gasteiger partial charge < -0.3 is 15.0 Å². The number of methoxy groups -OCH3 is 1. The summed E-state index contributed by atoms with van der Waals surface area (Å²) >= 11 is 0. The molecule has 0 atom stereocenters. The number of ether oxygens (including phenoxy) is 1. The van der Waals surface area contributed by atoms with Crippen LogP contribution in [-0.4, -0.2) is 25.2 Å². The first-order valence-electron chi connectivity index (χ1n) is 6.54. The van der Waals surface area contributed by atoms with Crippen molar-refractivity contribution in [1.82, 2.24) is 10.3 Å². The number of aryl methyl sites for hydroxylation is 2. The second kappa shape index (κ2) is 5.44. The third-order valence-electron chi connectivity index (χ3n) is 3.46. The highest BCUT2D eigenvalue weighted by molar-refractivity contribution is 5.92. The maximum atomic E-state index is 5.43. The molecule has 0 saturated carbocycles. The minimum atomic E-state index is 0.924. The summed E-state index contributed by atoms with van der Waals surface area (Å²) in [6.45, 7) is 8.47. The molecule has 0 fully saturated rings. The summed E-state index contributed by atoms with van der Waals surface area (Å²) in [7, 11) is 1.72. The van der Waals surface area contributed by atoms with E-state index in [2.05, 4.69) is 37.1 Å². The first kappa shape index (κ1) is 13.0. The second-order valence-electron chi connectivity index (χ2n) is 4.67. The first-order valence-corrected chi connectivity index (χ1v) is 6.54. The molecule has 2 rings (SSSR count). The molecule has 0 aliphatic rings. The van der Waals surface area contributed by atoms with E-state index < -0.39 is 0 Å². The lowest BCUT2D eigenvalue weighted by Gasteiger charge is -2.06. The molecule has 0 unspecified atom stereocenters. The summed E-state index contributed by atoms with van der Waals surface area (Å²) in [6.07, 6.45) is 1.05. The molecule has 1 aromatic heterocycles. The van der Waals surface area contributed by atoms with Crippen molar-refractivity contribution in [3.63, 3.8) is 0 Å². The van der Waals surface area contributed by atoms with E-state index in [0.717, 1.165) is 30.8 Å². The van der Waals surface area contributed by atoms with E-state index in [1.165, 1.54) is 22.2 Å². The van der Waals surface area contributed by atoms with Gasteiger partial charge >= 0.3 is 0 Å². The van der Waals surface area contributed by atoms with Crippen LogP contribution in [0.3, 0.4) is 0 Å². The fourth-order valence-corrected chi connectivity index (χ4v) is 2.52. The van der Waals surface area contributed by atoms with Gasteiger partial charge in [0.15, 0.2) is 0 Å². The van der Waals surface area contributed by atoms with E-state index in [1.54, 1.807) is 7.11 Å². The van der Waals surface area contributed by atoms with Gasteiger partial charge in [-0.2, -0.15) is 0 Å². The topological polar surface area (TPSA) is 37.0 Å². The molecule has 0 aliphatic heterocycles. The Labute approximate surface area is 109 Å². The Kier molecular flexibility index (Phi) is 3.92. The van der Waals surface area contributed by atoms with Crippen LogP contribution in [0.2, 0.25) is 0 Å². The Morgan fingerprint density at radius 1 is 1.28 bits per heavy atom. The van der Waals surface area contributed by atoms with Crippen molar-refractivity contribution >= 4 is 10.9 Å². The number of benzene rings is 1. The van der Waals surface area contributed by atoms with Crippen LogP contribution in [0.5, 0.6) is 5.75 Å². The van der Waals surface area contributed by atoms with Gasteiger partial charge in [-0.3, -0.25) is 0 Å². The number of hydrogen-bond donors (Lipinski definition) is 2. The van der Waals surface area contributed by atoms with Gasteiger partial charge in [0.2, 0.25) is 0 Å². The van der Waals surface area contributed by atoms with E-state index in [4.69, 9.17) is 4.74 Å². The minimum absolute atomic E-state index is 0.924. The molecular weight excluding hydrogens is 224 g/mol. The summed E-state index contributed by atoms with van der Waals surface area (Å²) in [5, 5.41) is 4.71. The quantitative estimate of drug-likeness (QED) is 0.796. The molecule has 0 bridgehead atoms. The Morgan fingerprint density at radius 3 is 2.72 bits per heavy atom. The zero-order valence-electron chi connectivity index (χ0n) is 11.7. The van der Waals surface area contributed by atoms with Crippen LogP contribution in [0.15, 0.2) is 12.1 Å². The highest BCUT2D eigenvalue weighted by Crippen LogP contribution is 2.32. The van der Waals surface area contributed by atoms with Crippen molar-refractivity contribution in [2.75, 3.05) is 20.2 Å². The van der Waals surface area contributed by atoms with E-state index >= 15 is 0 Å². The fourth-order valence-electron chi connectivity index (χ4n) is 2.52. The van der Waals surface area contributed by atoms with Crippen molar-refractivity contribution in [1.29, 1.82) is 0 Å². The first-order chi connectivity index (χ1) is 8.69. The number of aromatic nitrogens is 1. The van der Waals surface area contributed by atoms with E-state index in [-0.39, 0.29) is 0 Å². The summed E-state index contributed by atoms with van der Waals surface area (Å²) in [5.74, 6) is 0.924. The molecule has 0 amide bonds. The number of aromatic amines is 1. The molecule has 0 radical (unpaired) electrons. The van der Waals surface area contributed by atoms with E-state index in [9.17, 15) is 0 Å². The summed E-state index contributed by atoms with van der Waals surface area (Å²) < 4.78 is 5.43. The van der Waals surface area contributed by atoms with Gasteiger partial charge in [-0.15, -0.1) is 0 Å². The summed E-state index contributed by atoms with van der Waals surface area (Å²) in [4.78, 5) is 3.46. The van der Waals surface area contributed by atoms with Gasteiger partial charge in [-0.25, -0.2) is 0 Å². The lowest BCUT2D eigenvalue weighted by atomic mass is 10.0. The van der Waals surface area contributed by atoms with Gasteiger partial charge in [0.25, 0.3) is 0 Å². The van der Waals surface area contributed by atoms with Crippen molar-refractivity contribution < 1.29 is 4.74 Å². The number of fused-ring (bicyclic) bond motifs is 1. The minimum Gasteiger partial charge on any atom is -0.495 e. The van der Waals surface area contributed by atoms with Crippen LogP contribution < -0.4 is 10.1 Å². The second-order valence-corrected chi connectivity index (χ2v) is 4.67. The van der Waals surface area contributed by atoms with E-state index in [1.807, 2.05) is 6.07 Å². The SMILES string of the molecule is CCNCCc1c(C)[nH]c2c(OC)ccc(C)c12. The third kappa shape index (κ3) is 2.23. The van der Waals surface area contributed by atoms with Gasteiger partial charge in [-0.1, -0.05) is 13.0 Å². The molecule has 2 N–H and O–H groups in total. The summed E-state index contributed by atoms with van der Waals surface area (Å²) in [5.41, 5.74) is 5.08. The predicted molar refractivity (Wildman–Crippen MR) is 76.6 cm³/mol.